The lowest BCUT2D eigenvalue weighted by Crippen LogP contribution is -2.22. The molecule has 0 bridgehead atoms. The topological polar surface area (TPSA) is 93.4 Å². The van der Waals surface area contributed by atoms with Gasteiger partial charge in [0.1, 0.15) is 5.75 Å². The van der Waals surface area contributed by atoms with Crippen LogP contribution in [0.1, 0.15) is 10.4 Å². The van der Waals surface area contributed by atoms with Gasteiger partial charge in [-0.1, -0.05) is 17.7 Å². The van der Waals surface area contributed by atoms with Gasteiger partial charge >= 0.3 is 0 Å². The van der Waals surface area contributed by atoms with Crippen molar-refractivity contribution in [3.8, 4) is 5.75 Å². The zero-order valence-electron chi connectivity index (χ0n) is 12.4. The van der Waals surface area contributed by atoms with E-state index in [9.17, 15) is 9.59 Å². The molecule has 0 radical (unpaired) electrons. The van der Waals surface area contributed by atoms with Crippen LogP contribution in [-0.2, 0) is 4.79 Å². The third-order valence-corrected chi connectivity index (χ3v) is 3.33. The fourth-order valence-electron chi connectivity index (χ4n) is 1.91. The molecule has 2 amide bonds. The molecule has 0 aromatic heterocycles. The first-order valence-corrected chi connectivity index (χ1v) is 7.14. The number of carbonyl (C=O) groups excluding carboxylic acids is 2. The maximum atomic E-state index is 11.9. The highest BCUT2D eigenvalue weighted by Crippen LogP contribution is 2.27. The number of hydrogen-bond donors (Lipinski definition) is 3. The standard InChI is InChI=1S/C16H16ClN3O3/c1-23-14-6-5-11(8-13(14)17)19-9-15(21)20-12-4-2-3-10(7-12)16(18)22/h2-8,19H,9H2,1H3,(H2,18,22)(H,20,21). The first-order valence-electron chi connectivity index (χ1n) is 6.76. The van der Waals surface area contributed by atoms with E-state index < -0.39 is 5.91 Å². The Morgan fingerprint density at radius 3 is 2.61 bits per heavy atom. The molecule has 0 aliphatic heterocycles. The molecule has 4 N–H and O–H groups in total. The minimum Gasteiger partial charge on any atom is -0.495 e. The largest absolute Gasteiger partial charge is 0.495 e. The first-order chi connectivity index (χ1) is 11.0. The molecule has 2 aromatic carbocycles. The van der Waals surface area contributed by atoms with Crippen molar-refractivity contribution in [3.05, 3.63) is 53.1 Å². The maximum Gasteiger partial charge on any atom is 0.248 e. The third kappa shape index (κ3) is 4.62. The number of rotatable bonds is 6. The Labute approximate surface area is 138 Å². The van der Waals surface area contributed by atoms with Crippen LogP contribution in [0.15, 0.2) is 42.5 Å². The van der Waals surface area contributed by atoms with Crippen molar-refractivity contribution in [1.82, 2.24) is 0 Å². The minimum atomic E-state index is -0.549. The molecule has 120 valence electrons. The van der Waals surface area contributed by atoms with Crippen LogP contribution in [-0.4, -0.2) is 25.5 Å². The molecule has 0 atom stereocenters. The number of ether oxygens (including phenoxy) is 1. The van der Waals surface area contributed by atoms with Crippen LogP contribution in [0.5, 0.6) is 5.75 Å². The normalized spacial score (nSPS) is 10.0. The number of anilines is 2. The molecule has 0 aliphatic rings. The van der Waals surface area contributed by atoms with Crippen LogP contribution in [0.3, 0.4) is 0 Å². The highest BCUT2D eigenvalue weighted by atomic mass is 35.5. The summed E-state index contributed by atoms with van der Waals surface area (Å²) in [6.07, 6.45) is 0. The predicted octanol–water partition coefficient (Wildman–Crippen LogP) is 2.50. The second kappa shape index (κ2) is 7.51. The van der Waals surface area contributed by atoms with Gasteiger partial charge in [-0.15, -0.1) is 0 Å². The maximum absolute atomic E-state index is 11.9. The van der Waals surface area contributed by atoms with Crippen molar-refractivity contribution in [2.24, 2.45) is 5.73 Å². The average molecular weight is 334 g/mol. The Bertz CT molecular complexity index is 734. The number of primary amides is 1. The molecular formula is C16H16ClN3O3. The van der Waals surface area contributed by atoms with E-state index >= 15 is 0 Å². The van der Waals surface area contributed by atoms with Crippen LogP contribution in [0, 0.1) is 0 Å². The molecule has 0 unspecified atom stereocenters. The van der Waals surface area contributed by atoms with Crippen molar-refractivity contribution in [2.75, 3.05) is 24.3 Å². The Kier molecular flexibility index (Phi) is 5.43. The minimum absolute atomic E-state index is 0.0451. The molecule has 0 aliphatic carbocycles. The van der Waals surface area contributed by atoms with Gasteiger partial charge in [-0.2, -0.15) is 0 Å². The fraction of sp³-hybridized carbons (Fsp3) is 0.125. The van der Waals surface area contributed by atoms with E-state index in [-0.39, 0.29) is 12.5 Å². The highest BCUT2D eigenvalue weighted by Gasteiger charge is 2.06. The van der Waals surface area contributed by atoms with Gasteiger partial charge in [0.25, 0.3) is 0 Å². The summed E-state index contributed by atoms with van der Waals surface area (Å²) in [5.74, 6) is -0.254. The molecule has 6 nitrogen and oxygen atoms in total. The lowest BCUT2D eigenvalue weighted by Gasteiger charge is -2.10. The Morgan fingerprint density at radius 2 is 1.96 bits per heavy atom. The highest BCUT2D eigenvalue weighted by molar-refractivity contribution is 6.32. The van der Waals surface area contributed by atoms with Gasteiger partial charge < -0.3 is 21.1 Å². The van der Waals surface area contributed by atoms with Gasteiger partial charge in [0.15, 0.2) is 0 Å². The first kappa shape index (κ1) is 16.6. The Balaban J connectivity index is 1.94. The average Bonchev–Trinajstić information content (AvgIpc) is 2.53. The van der Waals surface area contributed by atoms with Crippen LogP contribution in [0.25, 0.3) is 0 Å². The van der Waals surface area contributed by atoms with E-state index in [4.69, 9.17) is 22.1 Å². The van der Waals surface area contributed by atoms with E-state index in [0.29, 0.717) is 27.7 Å². The number of amides is 2. The van der Waals surface area contributed by atoms with Gasteiger partial charge in [-0.3, -0.25) is 9.59 Å². The van der Waals surface area contributed by atoms with Crippen molar-refractivity contribution >= 4 is 34.8 Å². The lowest BCUT2D eigenvalue weighted by molar-refractivity contribution is -0.114. The molecule has 2 aromatic rings. The molecule has 2 rings (SSSR count). The smallest absolute Gasteiger partial charge is 0.248 e. The van der Waals surface area contributed by atoms with Gasteiger partial charge in [-0.05, 0) is 36.4 Å². The van der Waals surface area contributed by atoms with Gasteiger partial charge in [0.05, 0.1) is 18.7 Å². The molecule has 0 saturated carbocycles. The van der Waals surface area contributed by atoms with E-state index in [0.717, 1.165) is 0 Å². The molecular weight excluding hydrogens is 318 g/mol. The molecule has 0 heterocycles. The summed E-state index contributed by atoms with van der Waals surface area (Å²) in [4.78, 5) is 23.0. The van der Waals surface area contributed by atoms with Crippen LogP contribution in [0.2, 0.25) is 5.02 Å². The summed E-state index contributed by atoms with van der Waals surface area (Å²) in [5, 5.41) is 6.08. The second-order valence-electron chi connectivity index (χ2n) is 4.70. The molecule has 0 spiro atoms. The lowest BCUT2D eigenvalue weighted by atomic mass is 10.2. The van der Waals surface area contributed by atoms with Crippen molar-refractivity contribution in [2.45, 2.75) is 0 Å². The van der Waals surface area contributed by atoms with E-state index in [1.165, 1.54) is 13.2 Å². The van der Waals surface area contributed by atoms with Gasteiger partial charge in [-0.25, -0.2) is 0 Å². The van der Waals surface area contributed by atoms with E-state index in [2.05, 4.69) is 10.6 Å². The van der Waals surface area contributed by atoms with Gasteiger partial charge in [0, 0.05) is 16.9 Å². The quantitative estimate of drug-likeness (QED) is 0.757. The summed E-state index contributed by atoms with van der Waals surface area (Å²) < 4.78 is 5.06. The number of methoxy groups -OCH3 is 1. The van der Waals surface area contributed by atoms with Crippen molar-refractivity contribution in [1.29, 1.82) is 0 Å². The summed E-state index contributed by atoms with van der Waals surface area (Å²) in [6, 6.07) is 11.5. The van der Waals surface area contributed by atoms with E-state index in [1.54, 1.807) is 36.4 Å². The molecule has 0 fully saturated rings. The third-order valence-electron chi connectivity index (χ3n) is 3.04. The van der Waals surface area contributed by atoms with Crippen LogP contribution >= 0.6 is 11.6 Å². The van der Waals surface area contributed by atoms with E-state index in [1.807, 2.05) is 0 Å². The van der Waals surface area contributed by atoms with Crippen molar-refractivity contribution in [3.63, 3.8) is 0 Å². The number of nitrogens with one attached hydrogen (secondary N) is 2. The molecule has 7 heteroatoms. The fourth-order valence-corrected chi connectivity index (χ4v) is 2.17. The molecule has 23 heavy (non-hydrogen) atoms. The second-order valence-corrected chi connectivity index (χ2v) is 5.10. The SMILES string of the molecule is COc1ccc(NCC(=O)Nc2cccc(C(N)=O)c2)cc1Cl. The summed E-state index contributed by atoms with van der Waals surface area (Å²) in [6.45, 7) is 0.0451. The zero-order valence-corrected chi connectivity index (χ0v) is 13.2. The summed E-state index contributed by atoms with van der Waals surface area (Å²) in [7, 11) is 1.53. The monoisotopic (exact) mass is 333 g/mol. The Hall–Kier alpha value is -2.73. The van der Waals surface area contributed by atoms with Gasteiger partial charge in [0.2, 0.25) is 11.8 Å². The van der Waals surface area contributed by atoms with Crippen LogP contribution in [0.4, 0.5) is 11.4 Å². The zero-order chi connectivity index (χ0) is 16.8. The number of halogens is 1. The summed E-state index contributed by atoms with van der Waals surface area (Å²) in [5.41, 5.74) is 6.72. The number of hydrogen-bond acceptors (Lipinski definition) is 4. The van der Waals surface area contributed by atoms with Crippen molar-refractivity contribution < 1.29 is 14.3 Å². The Morgan fingerprint density at radius 1 is 1.17 bits per heavy atom. The molecule has 0 saturated heterocycles. The number of benzene rings is 2. The number of carbonyl (C=O) groups is 2. The summed E-state index contributed by atoms with van der Waals surface area (Å²) >= 11 is 6.01. The predicted molar refractivity (Wildman–Crippen MR) is 90.1 cm³/mol. The van der Waals surface area contributed by atoms with Crippen LogP contribution < -0.4 is 21.1 Å². The number of nitrogens with two attached hydrogens (primary N) is 1.